The summed E-state index contributed by atoms with van der Waals surface area (Å²) in [6.07, 6.45) is 5.43. The van der Waals surface area contributed by atoms with Gasteiger partial charge in [-0.3, -0.25) is 0 Å². The minimum absolute atomic E-state index is 0.141. The van der Waals surface area contributed by atoms with Crippen LogP contribution in [0.25, 0.3) is 43.2 Å². The van der Waals surface area contributed by atoms with Gasteiger partial charge >= 0.3 is 0 Å². The molecule has 6 rings (SSSR count). The van der Waals surface area contributed by atoms with E-state index < -0.39 is 0 Å². The molecule has 152 valence electrons. The lowest BCUT2D eigenvalue weighted by Gasteiger charge is -2.38. The summed E-state index contributed by atoms with van der Waals surface area (Å²) in [5, 5.41) is 2.23. The van der Waals surface area contributed by atoms with E-state index in [1.165, 1.54) is 27.8 Å². The van der Waals surface area contributed by atoms with Crippen LogP contribution >= 0.6 is 11.3 Å². The van der Waals surface area contributed by atoms with Crippen molar-refractivity contribution in [3.05, 3.63) is 90.6 Å². The average Bonchev–Trinajstić information content (AvgIpc) is 3.43. The van der Waals surface area contributed by atoms with Gasteiger partial charge in [-0.15, -0.1) is 11.3 Å². The zero-order valence-corrected chi connectivity index (χ0v) is 18.0. The van der Waals surface area contributed by atoms with Crippen LogP contribution in [0.15, 0.2) is 85.1 Å². The highest BCUT2D eigenvalue weighted by atomic mass is 32.1. The van der Waals surface area contributed by atoms with Crippen molar-refractivity contribution in [3.8, 4) is 32.3 Å². The van der Waals surface area contributed by atoms with Gasteiger partial charge in [0.2, 0.25) is 0 Å². The largest absolute Gasteiger partial charge is 0.360 e. The van der Waals surface area contributed by atoms with E-state index in [1.807, 2.05) is 0 Å². The number of fused-ring (bicyclic) bond motifs is 1. The van der Waals surface area contributed by atoms with Gasteiger partial charge in [0.1, 0.15) is 5.01 Å². The number of H-pyrrole nitrogens is 1. The summed E-state index contributed by atoms with van der Waals surface area (Å²) in [5.41, 5.74) is 13.3. The molecule has 3 aromatic carbocycles. The van der Waals surface area contributed by atoms with Gasteiger partial charge in [-0.2, -0.15) is 0 Å². The second-order valence-electron chi connectivity index (χ2n) is 8.40. The first-order valence-electron chi connectivity index (χ1n) is 10.7. The molecule has 0 amide bonds. The van der Waals surface area contributed by atoms with Gasteiger partial charge in [0.25, 0.3) is 0 Å². The minimum Gasteiger partial charge on any atom is -0.360 e. The Morgan fingerprint density at radius 2 is 1.58 bits per heavy atom. The molecule has 31 heavy (non-hydrogen) atoms. The number of benzene rings is 3. The molecular weight excluding hydrogens is 398 g/mol. The highest BCUT2D eigenvalue weighted by Crippen LogP contribution is 2.43. The molecule has 0 atom stereocenters. The second-order valence-corrected chi connectivity index (χ2v) is 9.40. The molecule has 0 saturated heterocycles. The maximum Gasteiger partial charge on any atom is 0.126 e. The highest BCUT2D eigenvalue weighted by molar-refractivity contribution is 7.19. The van der Waals surface area contributed by atoms with E-state index in [4.69, 9.17) is 10.7 Å². The Balaban J connectivity index is 1.49. The van der Waals surface area contributed by atoms with Crippen molar-refractivity contribution in [1.82, 2.24) is 9.97 Å². The quantitative estimate of drug-likeness (QED) is 0.329. The zero-order valence-electron chi connectivity index (χ0n) is 17.1. The summed E-state index contributed by atoms with van der Waals surface area (Å²) in [7, 11) is 0. The summed E-state index contributed by atoms with van der Waals surface area (Å²) >= 11 is 1.75. The van der Waals surface area contributed by atoms with Gasteiger partial charge in [-0.25, -0.2) is 4.98 Å². The van der Waals surface area contributed by atoms with Crippen LogP contribution in [-0.2, 0) is 5.54 Å². The van der Waals surface area contributed by atoms with Crippen molar-refractivity contribution in [2.75, 3.05) is 0 Å². The van der Waals surface area contributed by atoms with E-state index in [0.717, 1.165) is 40.2 Å². The van der Waals surface area contributed by atoms with Crippen molar-refractivity contribution < 1.29 is 0 Å². The topological polar surface area (TPSA) is 54.7 Å². The van der Waals surface area contributed by atoms with Crippen molar-refractivity contribution in [3.63, 3.8) is 0 Å². The van der Waals surface area contributed by atoms with Gasteiger partial charge in [-0.05, 0) is 36.5 Å². The maximum atomic E-state index is 6.54. The summed E-state index contributed by atoms with van der Waals surface area (Å²) in [4.78, 5) is 9.72. The Hall–Kier alpha value is -3.21. The highest BCUT2D eigenvalue weighted by Gasteiger charge is 2.34. The first-order chi connectivity index (χ1) is 15.2. The lowest BCUT2D eigenvalue weighted by atomic mass is 9.72. The molecule has 3 nitrogen and oxygen atoms in total. The van der Waals surface area contributed by atoms with E-state index in [2.05, 4.69) is 90.0 Å². The van der Waals surface area contributed by atoms with Crippen LogP contribution < -0.4 is 5.73 Å². The molecule has 2 heterocycles. The van der Waals surface area contributed by atoms with E-state index in [9.17, 15) is 0 Å². The Morgan fingerprint density at radius 3 is 2.32 bits per heavy atom. The van der Waals surface area contributed by atoms with Crippen LogP contribution in [-0.4, -0.2) is 9.97 Å². The number of para-hydroxylation sites is 1. The smallest absolute Gasteiger partial charge is 0.126 e. The summed E-state index contributed by atoms with van der Waals surface area (Å²) in [5.74, 6) is 0. The number of nitrogens with zero attached hydrogens (tertiary/aromatic N) is 1. The number of hydrogen-bond donors (Lipinski definition) is 2. The Morgan fingerprint density at radius 1 is 0.839 bits per heavy atom. The predicted molar refractivity (Wildman–Crippen MR) is 130 cm³/mol. The molecule has 0 unspecified atom stereocenters. The molecule has 4 heteroatoms. The SMILES string of the molecule is NC1(c2ccc(-c3nc(-c4c[nH]c5ccccc45)sc3-c3ccccc3)cc2)CCC1. The van der Waals surface area contributed by atoms with Crippen molar-refractivity contribution in [1.29, 1.82) is 0 Å². The number of nitrogens with one attached hydrogen (secondary N) is 1. The molecule has 2 aromatic heterocycles. The Bertz CT molecular complexity index is 1360. The number of rotatable bonds is 4. The summed E-state index contributed by atoms with van der Waals surface area (Å²) in [6.45, 7) is 0. The first kappa shape index (κ1) is 18.6. The number of thiazole rings is 1. The second kappa shape index (κ2) is 7.19. The van der Waals surface area contributed by atoms with Gasteiger partial charge in [0.15, 0.2) is 0 Å². The van der Waals surface area contributed by atoms with Crippen LogP contribution in [0.2, 0.25) is 0 Å². The van der Waals surface area contributed by atoms with Gasteiger partial charge < -0.3 is 10.7 Å². The zero-order chi connectivity index (χ0) is 20.8. The minimum atomic E-state index is -0.141. The molecule has 1 fully saturated rings. The molecule has 1 aliphatic rings. The monoisotopic (exact) mass is 421 g/mol. The summed E-state index contributed by atoms with van der Waals surface area (Å²) < 4.78 is 0. The number of hydrogen-bond acceptors (Lipinski definition) is 3. The lowest BCUT2D eigenvalue weighted by molar-refractivity contribution is 0.253. The molecule has 0 bridgehead atoms. The Labute approximate surface area is 185 Å². The maximum absolute atomic E-state index is 6.54. The van der Waals surface area contributed by atoms with Gasteiger partial charge in [0.05, 0.1) is 10.6 Å². The number of aromatic nitrogens is 2. The molecule has 3 N–H and O–H groups in total. The molecule has 0 aliphatic heterocycles. The van der Waals surface area contributed by atoms with E-state index in [0.29, 0.717) is 0 Å². The van der Waals surface area contributed by atoms with Crippen molar-refractivity contribution in [2.24, 2.45) is 5.73 Å². The number of aromatic amines is 1. The molecule has 1 saturated carbocycles. The average molecular weight is 422 g/mol. The fraction of sp³-hybridized carbons (Fsp3) is 0.148. The van der Waals surface area contributed by atoms with Crippen LogP contribution in [0.5, 0.6) is 0 Å². The molecular formula is C27H23N3S. The van der Waals surface area contributed by atoms with Crippen molar-refractivity contribution >= 4 is 22.2 Å². The fourth-order valence-electron chi connectivity index (χ4n) is 4.47. The lowest BCUT2D eigenvalue weighted by Crippen LogP contribution is -2.43. The van der Waals surface area contributed by atoms with E-state index in [1.54, 1.807) is 11.3 Å². The van der Waals surface area contributed by atoms with E-state index >= 15 is 0 Å². The van der Waals surface area contributed by atoms with Crippen LogP contribution in [0, 0.1) is 0 Å². The van der Waals surface area contributed by atoms with Crippen LogP contribution in [0.3, 0.4) is 0 Å². The predicted octanol–water partition coefficient (Wildman–Crippen LogP) is 6.96. The third kappa shape index (κ3) is 3.11. The summed E-state index contributed by atoms with van der Waals surface area (Å²) in [6, 6.07) is 27.7. The fourth-order valence-corrected chi connectivity index (χ4v) is 5.59. The molecule has 1 aliphatic carbocycles. The standard InChI is InChI=1S/C27H23N3S/c28-27(15-6-16-27)20-13-11-18(12-14-20)24-25(19-7-2-1-3-8-19)31-26(30-24)22-17-29-23-10-5-4-9-21(22)23/h1-5,7-14,17,29H,6,15-16,28H2. The van der Waals surface area contributed by atoms with Gasteiger partial charge in [0, 0.05) is 33.8 Å². The molecule has 0 spiro atoms. The van der Waals surface area contributed by atoms with Crippen LogP contribution in [0.4, 0.5) is 0 Å². The third-order valence-electron chi connectivity index (χ3n) is 6.46. The molecule has 5 aromatic rings. The Kier molecular flexibility index (Phi) is 4.30. The van der Waals surface area contributed by atoms with E-state index in [-0.39, 0.29) is 5.54 Å². The third-order valence-corrected chi connectivity index (χ3v) is 7.60. The van der Waals surface area contributed by atoms with Gasteiger partial charge in [-0.1, -0.05) is 72.8 Å². The normalized spacial score (nSPS) is 15.1. The first-order valence-corrected chi connectivity index (χ1v) is 11.6. The van der Waals surface area contributed by atoms with Crippen LogP contribution in [0.1, 0.15) is 24.8 Å². The molecule has 0 radical (unpaired) electrons. The number of nitrogens with two attached hydrogens (primary N) is 1. The van der Waals surface area contributed by atoms with Crippen molar-refractivity contribution in [2.45, 2.75) is 24.8 Å².